The summed E-state index contributed by atoms with van der Waals surface area (Å²) in [4.78, 5) is 37.4. The summed E-state index contributed by atoms with van der Waals surface area (Å²) in [6.07, 6.45) is 39.7. The normalized spacial score (nSPS) is 11.9. The number of unbranched alkanes of at least 4 members (excludes halogenated alkanes) is 28. The first-order valence-electron chi connectivity index (χ1n) is 22.9. The molecule has 0 bridgehead atoms. The van der Waals surface area contributed by atoms with Gasteiger partial charge in [0.1, 0.15) is 13.2 Å². The van der Waals surface area contributed by atoms with Gasteiger partial charge in [0.2, 0.25) is 0 Å². The van der Waals surface area contributed by atoms with Crippen molar-refractivity contribution in [1.82, 2.24) is 0 Å². The molecule has 6 heteroatoms. The Morgan fingerprint density at radius 3 is 0.942 bits per heavy atom. The summed E-state index contributed by atoms with van der Waals surface area (Å²) in [5.41, 5.74) is 0. The number of carbonyl (C=O) groups is 3. The van der Waals surface area contributed by atoms with Gasteiger partial charge in [-0.15, -0.1) is 0 Å². The van der Waals surface area contributed by atoms with E-state index in [1.807, 2.05) is 0 Å². The maximum Gasteiger partial charge on any atom is 0.306 e. The molecular weight excluding hydrogens is 649 g/mol. The van der Waals surface area contributed by atoms with Gasteiger partial charge >= 0.3 is 17.9 Å². The van der Waals surface area contributed by atoms with E-state index in [2.05, 4.69) is 27.7 Å². The largest absolute Gasteiger partial charge is 0.462 e. The second-order valence-electron chi connectivity index (χ2n) is 16.2. The van der Waals surface area contributed by atoms with E-state index in [1.54, 1.807) is 0 Å². The molecule has 0 saturated heterocycles. The Hall–Kier alpha value is -1.59. The summed E-state index contributed by atoms with van der Waals surface area (Å²) < 4.78 is 16.6. The summed E-state index contributed by atoms with van der Waals surface area (Å²) in [5.74, 6) is -0.0412. The molecule has 0 aliphatic carbocycles. The van der Waals surface area contributed by atoms with Gasteiger partial charge in [-0.05, 0) is 25.2 Å². The summed E-state index contributed by atoms with van der Waals surface area (Å²) in [5, 5.41) is 0. The van der Waals surface area contributed by atoms with Crippen molar-refractivity contribution in [3.8, 4) is 0 Å². The van der Waals surface area contributed by atoms with Crippen molar-refractivity contribution in [1.29, 1.82) is 0 Å². The average molecular weight is 737 g/mol. The molecule has 0 heterocycles. The molecule has 52 heavy (non-hydrogen) atoms. The van der Waals surface area contributed by atoms with E-state index in [0.717, 1.165) is 70.1 Å². The molecular formula is C46H88O6. The predicted molar refractivity (Wildman–Crippen MR) is 220 cm³/mol. The molecule has 1 atom stereocenters. The first kappa shape index (κ1) is 50.4. The molecule has 0 amide bonds. The lowest BCUT2D eigenvalue weighted by atomic mass is 10.0. The fourth-order valence-corrected chi connectivity index (χ4v) is 6.80. The molecule has 0 rings (SSSR count). The number of hydrogen-bond acceptors (Lipinski definition) is 6. The molecule has 308 valence electrons. The highest BCUT2D eigenvalue weighted by atomic mass is 16.6. The van der Waals surface area contributed by atoms with Gasteiger partial charge in [0.05, 0.1) is 0 Å². The van der Waals surface area contributed by atoms with E-state index in [0.29, 0.717) is 19.3 Å². The van der Waals surface area contributed by atoms with Crippen LogP contribution in [0.25, 0.3) is 0 Å². The van der Waals surface area contributed by atoms with Crippen LogP contribution in [0.5, 0.6) is 0 Å². The quantitative estimate of drug-likeness (QED) is 0.0353. The van der Waals surface area contributed by atoms with Crippen LogP contribution >= 0.6 is 0 Å². The molecule has 6 nitrogen and oxygen atoms in total. The van der Waals surface area contributed by atoms with Crippen molar-refractivity contribution in [2.75, 3.05) is 13.2 Å². The Balaban J connectivity index is 4.13. The van der Waals surface area contributed by atoms with E-state index >= 15 is 0 Å². The van der Waals surface area contributed by atoms with Gasteiger partial charge in [-0.1, -0.05) is 214 Å². The topological polar surface area (TPSA) is 78.9 Å². The van der Waals surface area contributed by atoms with E-state index < -0.39 is 6.10 Å². The van der Waals surface area contributed by atoms with Gasteiger partial charge in [0, 0.05) is 19.3 Å². The molecule has 0 radical (unpaired) electrons. The molecule has 0 aliphatic heterocycles. The van der Waals surface area contributed by atoms with Gasteiger partial charge in [0.25, 0.3) is 0 Å². The monoisotopic (exact) mass is 737 g/mol. The molecule has 0 aromatic carbocycles. The number of hydrogen-bond donors (Lipinski definition) is 0. The van der Waals surface area contributed by atoms with Crippen LogP contribution < -0.4 is 0 Å². The molecule has 0 aliphatic rings. The van der Waals surface area contributed by atoms with Crippen LogP contribution in [0.15, 0.2) is 0 Å². The summed E-state index contributed by atoms with van der Waals surface area (Å²) in [6, 6.07) is 0. The van der Waals surface area contributed by atoms with Crippen molar-refractivity contribution >= 4 is 17.9 Å². The lowest BCUT2D eigenvalue weighted by Gasteiger charge is -2.18. The van der Waals surface area contributed by atoms with Crippen LogP contribution in [0.1, 0.15) is 252 Å². The van der Waals surface area contributed by atoms with Crippen LogP contribution in [-0.2, 0) is 28.6 Å². The van der Waals surface area contributed by atoms with E-state index in [-0.39, 0.29) is 31.1 Å². The van der Waals surface area contributed by atoms with Gasteiger partial charge < -0.3 is 14.2 Å². The zero-order valence-corrected chi connectivity index (χ0v) is 35.3. The predicted octanol–water partition coefficient (Wildman–Crippen LogP) is 14.3. The van der Waals surface area contributed by atoms with E-state index in [9.17, 15) is 14.4 Å². The summed E-state index contributed by atoms with van der Waals surface area (Å²) >= 11 is 0. The molecule has 0 fully saturated rings. The number of esters is 3. The van der Waals surface area contributed by atoms with Crippen LogP contribution in [0.4, 0.5) is 0 Å². The summed E-state index contributed by atoms with van der Waals surface area (Å²) in [6.45, 7) is 8.92. The number of carbonyl (C=O) groups excluding carboxylic acids is 3. The second kappa shape index (κ2) is 40.6. The smallest absolute Gasteiger partial charge is 0.306 e. The number of ether oxygens (including phenoxy) is 3. The molecule has 0 spiro atoms. The maximum atomic E-state index is 12.5. The van der Waals surface area contributed by atoms with Crippen LogP contribution in [-0.4, -0.2) is 37.2 Å². The van der Waals surface area contributed by atoms with E-state index in [4.69, 9.17) is 14.2 Å². The SMILES string of the molecule is CCCCCCCCCCCCCCCCCC(=O)OC[C@@H](COC(=O)CCCCCCCCCCCCCC(C)C)OC(=O)CCCCCCC. The zero-order chi connectivity index (χ0) is 38.2. The highest BCUT2D eigenvalue weighted by Crippen LogP contribution is 2.16. The standard InChI is InChI=1S/C46H88O6/c1-5-7-9-11-12-13-14-15-16-17-20-23-26-30-33-37-44(47)50-40-43(52-46(49)39-35-28-10-8-6-2)41-51-45(48)38-34-31-27-24-21-18-19-22-25-29-32-36-42(3)4/h42-43H,5-41H2,1-4H3/t43-/m0/s1. The summed E-state index contributed by atoms with van der Waals surface area (Å²) in [7, 11) is 0. The van der Waals surface area contributed by atoms with Crippen molar-refractivity contribution in [3.63, 3.8) is 0 Å². The third-order valence-electron chi connectivity index (χ3n) is 10.3. The van der Waals surface area contributed by atoms with Crippen LogP contribution in [0, 0.1) is 5.92 Å². The third-order valence-corrected chi connectivity index (χ3v) is 10.3. The van der Waals surface area contributed by atoms with Crippen molar-refractivity contribution < 1.29 is 28.6 Å². The van der Waals surface area contributed by atoms with Gasteiger partial charge in [-0.25, -0.2) is 0 Å². The van der Waals surface area contributed by atoms with Crippen molar-refractivity contribution in [2.45, 2.75) is 259 Å². The highest BCUT2D eigenvalue weighted by Gasteiger charge is 2.19. The van der Waals surface area contributed by atoms with Gasteiger partial charge in [0.15, 0.2) is 6.10 Å². The first-order valence-corrected chi connectivity index (χ1v) is 22.9. The Labute approximate surface area is 323 Å². The fourth-order valence-electron chi connectivity index (χ4n) is 6.80. The third kappa shape index (κ3) is 39.6. The van der Waals surface area contributed by atoms with Crippen LogP contribution in [0.3, 0.4) is 0 Å². The fraction of sp³-hybridized carbons (Fsp3) is 0.935. The van der Waals surface area contributed by atoms with Crippen molar-refractivity contribution in [3.05, 3.63) is 0 Å². The van der Waals surface area contributed by atoms with E-state index in [1.165, 1.54) is 141 Å². The Morgan fingerprint density at radius 2 is 0.635 bits per heavy atom. The Morgan fingerprint density at radius 1 is 0.365 bits per heavy atom. The van der Waals surface area contributed by atoms with Crippen molar-refractivity contribution in [2.24, 2.45) is 5.92 Å². The first-order chi connectivity index (χ1) is 25.4. The Bertz CT molecular complexity index is 781. The van der Waals surface area contributed by atoms with Crippen LogP contribution in [0.2, 0.25) is 0 Å². The van der Waals surface area contributed by atoms with Gasteiger partial charge in [-0.3, -0.25) is 14.4 Å². The molecule has 0 N–H and O–H groups in total. The van der Waals surface area contributed by atoms with Gasteiger partial charge in [-0.2, -0.15) is 0 Å². The number of rotatable bonds is 41. The lowest BCUT2D eigenvalue weighted by molar-refractivity contribution is -0.167. The maximum absolute atomic E-state index is 12.5. The molecule has 0 aromatic rings. The Kier molecular flexibility index (Phi) is 39.4. The molecule has 0 saturated carbocycles. The molecule has 0 unspecified atom stereocenters. The minimum atomic E-state index is -0.757. The molecule has 0 aromatic heterocycles. The minimum Gasteiger partial charge on any atom is -0.462 e. The lowest BCUT2D eigenvalue weighted by Crippen LogP contribution is -2.30. The highest BCUT2D eigenvalue weighted by molar-refractivity contribution is 5.71. The average Bonchev–Trinajstić information content (AvgIpc) is 3.12. The minimum absolute atomic E-state index is 0.0651. The zero-order valence-electron chi connectivity index (χ0n) is 35.3. The second-order valence-corrected chi connectivity index (χ2v) is 16.2.